The van der Waals surface area contributed by atoms with Crippen LogP contribution in [0.25, 0.3) is 0 Å². The van der Waals surface area contributed by atoms with Crippen molar-refractivity contribution in [2.45, 2.75) is 59.4 Å². The van der Waals surface area contributed by atoms with Gasteiger partial charge in [-0.3, -0.25) is 4.79 Å². The first-order valence-electron chi connectivity index (χ1n) is 7.30. The molecule has 0 aromatic rings. The number of rotatable bonds is 3. The molecule has 1 fully saturated rings. The Balaban J connectivity index is 2.59. The zero-order valence-electron chi connectivity index (χ0n) is 13.3. The van der Waals surface area contributed by atoms with Crippen molar-refractivity contribution in [2.24, 2.45) is 11.3 Å². The van der Waals surface area contributed by atoms with Crippen molar-refractivity contribution >= 4 is 12.0 Å². The molecule has 1 aliphatic rings. The van der Waals surface area contributed by atoms with Gasteiger partial charge in [0, 0.05) is 18.6 Å². The minimum Gasteiger partial charge on any atom is -0.481 e. The number of hydrogen-bond acceptors (Lipinski definition) is 2. The predicted molar refractivity (Wildman–Crippen MR) is 78.6 cm³/mol. The topological polar surface area (TPSA) is 69.6 Å². The number of carbonyl (C=O) groups is 2. The van der Waals surface area contributed by atoms with E-state index in [2.05, 4.69) is 26.1 Å². The van der Waals surface area contributed by atoms with Crippen LogP contribution in [0, 0.1) is 11.3 Å². The second-order valence-electron chi connectivity index (χ2n) is 7.67. The van der Waals surface area contributed by atoms with Gasteiger partial charge in [-0.15, -0.1) is 0 Å². The van der Waals surface area contributed by atoms with Crippen LogP contribution in [0.5, 0.6) is 0 Å². The lowest BCUT2D eigenvalue weighted by Crippen LogP contribution is -2.54. The highest BCUT2D eigenvalue weighted by atomic mass is 16.4. The zero-order valence-corrected chi connectivity index (χ0v) is 13.3. The van der Waals surface area contributed by atoms with Crippen LogP contribution in [0.1, 0.15) is 53.9 Å². The van der Waals surface area contributed by atoms with Crippen LogP contribution < -0.4 is 5.32 Å². The number of carboxylic acid groups (broad SMARTS) is 1. The average Bonchev–Trinajstić information content (AvgIpc) is 2.25. The third-order valence-corrected chi connectivity index (χ3v) is 3.48. The zero-order chi connectivity index (χ0) is 15.6. The standard InChI is InChI=1S/C15H28N2O3/c1-14(2,3)10-15(4,5)16-13(20)17-8-6-7-11(9-17)12(18)19/h11H,6-10H2,1-5H3,(H,16,20)(H,18,19). The molecule has 0 aromatic carbocycles. The van der Waals surface area contributed by atoms with E-state index in [1.165, 1.54) is 0 Å². The first kappa shape index (κ1) is 16.8. The van der Waals surface area contributed by atoms with Crippen LogP contribution in [0.15, 0.2) is 0 Å². The number of aliphatic carboxylic acids is 1. The van der Waals surface area contributed by atoms with Crippen molar-refractivity contribution in [3.63, 3.8) is 0 Å². The SMILES string of the molecule is CC(C)(C)CC(C)(C)NC(=O)N1CCCC(C(=O)O)C1. The Bertz CT molecular complexity index is 372. The fourth-order valence-electron chi connectivity index (χ4n) is 3.10. The molecule has 2 amide bonds. The molecule has 20 heavy (non-hydrogen) atoms. The molecule has 1 unspecified atom stereocenters. The van der Waals surface area contributed by atoms with Crippen molar-refractivity contribution in [1.82, 2.24) is 10.2 Å². The lowest BCUT2D eigenvalue weighted by molar-refractivity contribution is -0.143. The number of carboxylic acids is 1. The van der Waals surface area contributed by atoms with E-state index in [0.29, 0.717) is 19.5 Å². The molecule has 1 aliphatic heterocycles. The summed E-state index contributed by atoms with van der Waals surface area (Å²) < 4.78 is 0. The van der Waals surface area contributed by atoms with Gasteiger partial charge in [0.2, 0.25) is 0 Å². The summed E-state index contributed by atoms with van der Waals surface area (Å²) in [6.45, 7) is 11.4. The van der Waals surface area contributed by atoms with Crippen molar-refractivity contribution in [1.29, 1.82) is 0 Å². The highest BCUT2D eigenvalue weighted by Crippen LogP contribution is 2.27. The van der Waals surface area contributed by atoms with Crippen molar-refractivity contribution in [2.75, 3.05) is 13.1 Å². The molecule has 1 saturated heterocycles. The van der Waals surface area contributed by atoms with Gasteiger partial charge in [0.05, 0.1) is 5.92 Å². The number of nitrogens with zero attached hydrogens (tertiary/aromatic N) is 1. The van der Waals surface area contributed by atoms with Crippen molar-refractivity contribution < 1.29 is 14.7 Å². The molecule has 1 rings (SSSR count). The molecule has 116 valence electrons. The monoisotopic (exact) mass is 284 g/mol. The Morgan fingerprint density at radius 1 is 1.25 bits per heavy atom. The van der Waals surface area contributed by atoms with Gasteiger partial charge in [0.15, 0.2) is 0 Å². The Morgan fingerprint density at radius 3 is 2.35 bits per heavy atom. The number of urea groups is 1. The lowest BCUT2D eigenvalue weighted by atomic mass is 9.82. The summed E-state index contributed by atoms with van der Waals surface area (Å²) in [5.41, 5.74) is -0.173. The normalized spacial score (nSPS) is 20.6. The quantitative estimate of drug-likeness (QED) is 0.837. The maximum absolute atomic E-state index is 12.3. The molecule has 0 radical (unpaired) electrons. The number of nitrogens with one attached hydrogen (secondary N) is 1. The minimum absolute atomic E-state index is 0.127. The summed E-state index contributed by atoms with van der Waals surface area (Å²) in [5.74, 6) is -1.24. The van der Waals surface area contributed by atoms with E-state index in [0.717, 1.165) is 12.8 Å². The molecule has 0 aromatic heterocycles. The second-order valence-corrected chi connectivity index (χ2v) is 7.67. The van der Waals surface area contributed by atoms with Crippen LogP contribution in [0.4, 0.5) is 4.79 Å². The summed E-state index contributed by atoms with van der Waals surface area (Å²) in [4.78, 5) is 25.0. The highest BCUT2D eigenvalue weighted by molar-refractivity contribution is 5.77. The van der Waals surface area contributed by atoms with E-state index in [1.54, 1.807) is 4.90 Å². The molecule has 1 heterocycles. The predicted octanol–water partition coefficient (Wildman–Crippen LogP) is 2.71. The van der Waals surface area contributed by atoms with Crippen LogP contribution in [-0.4, -0.2) is 40.6 Å². The third-order valence-electron chi connectivity index (χ3n) is 3.48. The van der Waals surface area contributed by atoms with Crippen LogP contribution in [0.3, 0.4) is 0 Å². The number of carbonyl (C=O) groups excluding carboxylic acids is 1. The third kappa shape index (κ3) is 5.39. The van der Waals surface area contributed by atoms with Gasteiger partial charge in [-0.1, -0.05) is 20.8 Å². The van der Waals surface area contributed by atoms with E-state index in [9.17, 15) is 9.59 Å². The largest absolute Gasteiger partial charge is 0.481 e. The molecule has 5 heteroatoms. The average molecular weight is 284 g/mol. The Hall–Kier alpha value is -1.26. The fourth-order valence-corrected chi connectivity index (χ4v) is 3.10. The van der Waals surface area contributed by atoms with E-state index >= 15 is 0 Å². The highest BCUT2D eigenvalue weighted by Gasteiger charge is 2.32. The first-order chi connectivity index (χ1) is 9.00. The number of hydrogen-bond donors (Lipinski definition) is 2. The second kappa shape index (κ2) is 6.02. The molecule has 0 bridgehead atoms. The summed E-state index contributed by atoms with van der Waals surface area (Å²) >= 11 is 0. The van der Waals surface area contributed by atoms with Crippen LogP contribution >= 0.6 is 0 Å². The first-order valence-corrected chi connectivity index (χ1v) is 7.30. The molecule has 2 N–H and O–H groups in total. The molecule has 0 aliphatic carbocycles. The summed E-state index contributed by atoms with van der Waals surface area (Å²) in [6, 6.07) is -0.148. The van der Waals surface area contributed by atoms with E-state index in [-0.39, 0.29) is 17.0 Å². The maximum atomic E-state index is 12.3. The lowest BCUT2D eigenvalue weighted by Gasteiger charge is -2.37. The van der Waals surface area contributed by atoms with Gasteiger partial charge in [0.25, 0.3) is 0 Å². The summed E-state index contributed by atoms with van der Waals surface area (Å²) in [6.07, 6.45) is 2.27. The Labute approximate surface area is 121 Å². The molecule has 0 saturated carbocycles. The number of amides is 2. The van der Waals surface area contributed by atoms with Gasteiger partial charge in [-0.2, -0.15) is 0 Å². The number of likely N-dealkylation sites (tertiary alicyclic amines) is 1. The van der Waals surface area contributed by atoms with E-state index < -0.39 is 11.9 Å². The minimum atomic E-state index is -0.809. The van der Waals surface area contributed by atoms with Crippen LogP contribution in [0.2, 0.25) is 0 Å². The van der Waals surface area contributed by atoms with Gasteiger partial charge < -0.3 is 15.3 Å². The fraction of sp³-hybridized carbons (Fsp3) is 0.867. The van der Waals surface area contributed by atoms with Crippen molar-refractivity contribution in [3.8, 4) is 0 Å². The van der Waals surface area contributed by atoms with E-state index in [1.807, 2.05) is 13.8 Å². The molecular weight excluding hydrogens is 256 g/mol. The number of piperidine rings is 1. The summed E-state index contributed by atoms with van der Waals surface area (Å²) in [5, 5.41) is 12.1. The van der Waals surface area contributed by atoms with Gasteiger partial charge in [-0.25, -0.2) is 4.79 Å². The molecule has 5 nitrogen and oxygen atoms in total. The Kier molecular flexibility index (Phi) is 5.05. The summed E-state index contributed by atoms with van der Waals surface area (Å²) in [7, 11) is 0. The maximum Gasteiger partial charge on any atom is 0.317 e. The van der Waals surface area contributed by atoms with Gasteiger partial charge in [0.1, 0.15) is 0 Å². The van der Waals surface area contributed by atoms with Gasteiger partial charge >= 0.3 is 12.0 Å². The molecular formula is C15H28N2O3. The van der Waals surface area contributed by atoms with E-state index in [4.69, 9.17) is 5.11 Å². The molecule has 1 atom stereocenters. The van der Waals surface area contributed by atoms with Crippen LogP contribution in [-0.2, 0) is 4.79 Å². The smallest absolute Gasteiger partial charge is 0.317 e. The van der Waals surface area contributed by atoms with Crippen molar-refractivity contribution in [3.05, 3.63) is 0 Å². The molecule has 0 spiro atoms. The Morgan fingerprint density at radius 2 is 1.85 bits per heavy atom. The van der Waals surface area contributed by atoms with Gasteiger partial charge in [-0.05, 0) is 38.5 Å².